The van der Waals surface area contributed by atoms with Crippen molar-refractivity contribution in [2.45, 2.75) is 6.92 Å². The normalized spacial score (nSPS) is 10.2. The van der Waals surface area contributed by atoms with Crippen molar-refractivity contribution in [3.63, 3.8) is 0 Å². The number of carbonyl (C=O) groups excluding carboxylic acids is 1. The van der Waals surface area contributed by atoms with Crippen molar-refractivity contribution in [1.29, 1.82) is 0 Å². The number of nitrogens with one attached hydrogen (secondary N) is 1. The molecule has 0 saturated carbocycles. The van der Waals surface area contributed by atoms with Gasteiger partial charge in [-0.1, -0.05) is 17.7 Å². The Labute approximate surface area is 118 Å². The number of carboxylic acid groups (broad SMARTS) is 1. The largest absolute Gasteiger partial charge is 0.477 e. The zero-order valence-corrected chi connectivity index (χ0v) is 11.5. The lowest BCUT2D eigenvalue weighted by atomic mass is 10.2. The van der Waals surface area contributed by atoms with Crippen LogP contribution in [0.5, 0.6) is 0 Å². The molecule has 0 saturated heterocycles. The summed E-state index contributed by atoms with van der Waals surface area (Å²) in [5, 5.41) is 12.6. The summed E-state index contributed by atoms with van der Waals surface area (Å²) in [7, 11) is 0. The van der Waals surface area contributed by atoms with Gasteiger partial charge < -0.3 is 10.4 Å². The van der Waals surface area contributed by atoms with E-state index < -0.39 is 5.97 Å². The Kier molecular flexibility index (Phi) is 3.87. The van der Waals surface area contributed by atoms with Crippen LogP contribution in [0.25, 0.3) is 0 Å². The molecule has 0 aliphatic heterocycles. The number of thiophene rings is 1. The van der Waals surface area contributed by atoms with Gasteiger partial charge in [-0.3, -0.25) is 4.79 Å². The molecular formula is C13H10ClNO3S. The van der Waals surface area contributed by atoms with Gasteiger partial charge in [0.05, 0.1) is 5.00 Å². The van der Waals surface area contributed by atoms with E-state index in [2.05, 4.69) is 5.32 Å². The second-order valence-corrected chi connectivity index (χ2v) is 5.38. The van der Waals surface area contributed by atoms with E-state index in [9.17, 15) is 9.59 Å². The van der Waals surface area contributed by atoms with Crippen LogP contribution in [0.15, 0.2) is 30.3 Å². The van der Waals surface area contributed by atoms with Crippen LogP contribution in [0, 0.1) is 6.92 Å². The lowest BCUT2D eigenvalue weighted by Crippen LogP contribution is -2.10. The Bertz CT molecular complexity index is 651. The predicted molar refractivity (Wildman–Crippen MR) is 75.4 cm³/mol. The van der Waals surface area contributed by atoms with Crippen molar-refractivity contribution >= 4 is 39.8 Å². The molecule has 0 spiro atoms. The summed E-state index contributed by atoms with van der Waals surface area (Å²) in [5.41, 5.74) is 1.05. The second kappa shape index (κ2) is 5.42. The molecule has 6 heteroatoms. The zero-order valence-electron chi connectivity index (χ0n) is 9.94. The van der Waals surface area contributed by atoms with Crippen LogP contribution in [-0.2, 0) is 0 Å². The fourth-order valence-electron chi connectivity index (χ4n) is 1.57. The molecule has 2 N–H and O–H groups in total. The molecule has 1 aromatic heterocycles. The maximum Gasteiger partial charge on any atom is 0.346 e. The third kappa shape index (κ3) is 3.13. The average molecular weight is 296 g/mol. The van der Waals surface area contributed by atoms with Crippen LogP contribution in [0.3, 0.4) is 0 Å². The van der Waals surface area contributed by atoms with Crippen LogP contribution in [0.2, 0.25) is 5.02 Å². The van der Waals surface area contributed by atoms with E-state index in [0.29, 0.717) is 21.2 Å². The fourth-order valence-corrected chi connectivity index (χ4v) is 2.67. The number of hydrogen-bond donors (Lipinski definition) is 2. The van der Waals surface area contributed by atoms with Crippen LogP contribution in [0.1, 0.15) is 25.6 Å². The molecule has 0 atom stereocenters. The number of amides is 1. The number of anilines is 1. The molecule has 1 amide bonds. The van der Waals surface area contributed by atoms with E-state index >= 15 is 0 Å². The number of aromatic carboxylic acids is 1. The first-order chi connectivity index (χ1) is 8.97. The molecular weight excluding hydrogens is 286 g/mol. The molecule has 2 aromatic rings. The zero-order chi connectivity index (χ0) is 14.0. The second-order valence-electron chi connectivity index (χ2n) is 3.89. The molecule has 0 aliphatic carbocycles. The number of halogens is 1. The third-order valence-electron chi connectivity index (χ3n) is 2.44. The van der Waals surface area contributed by atoms with Gasteiger partial charge in [0.2, 0.25) is 0 Å². The third-order valence-corrected chi connectivity index (χ3v) is 3.81. The molecule has 19 heavy (non-hydrogen) atoms. The summed E-state index contributed by atoms with van der Waals surface area (Å²) in [5.74, 6) is -1.31. The smallest absolute Gasteiger partial charge is 0.346 e. The van der Waals surface area contributed by atoms with Crippen LogP contribution in [-0.4, -0.2) is 17.0 Å². The topological polar surface area (TPSA) is 66.4 Å². The van der Waals surface area contributed by atoms with Crippen molar-refractivity contribution in [1.82, 2.24) is 0 Å². The van der Waals surface area contributed by atoms with Gasteiger partial charge in [-0.25, -0.2) is 4.79 Å². The Hall–Kier alpha value is -1.85. The summed E-state index contributed by atoms with van der Waals surface area (Å²) >= 11 is 6.84. The van der Waals surface area contributed by atoms with Crippen LogP contribution in [0.4, 0.5) is 5.00 Å². The van der Waals surface area contributed by atoms with E-state index in [4.69, 9.17) is 16.7 Å². The van der Waals surface area contributed by atoms with Gasteiger partial charge in [-0.05, 0) is 36.8 Å². The first-order valence-corrected chi connectivity index (χ1v) is 6.57. The summed E-state index contributed by atoms with van der Waals surface area (Å²) < 4.78 is 0. The summed E-state index contributed by atoms with van der Waals surface area (Å²) in [6.07, 6.45) is 0. The van der Waals surface area contributed by atoms with Crippen molar-refractivity contribution in [3.8, 4) is 0 Å². The Morgan fingerprint density at radius 2 is 2.05 bits per heavy atom. The van der Waals surface area contributed by atoms with Crippen LogP contribution >= 0.6 is 22.9 Å². The van der Waals surface area contributed by atoms with Gasteiger partial charge in [-0.2, -0.15) is 0 Å². The highest BCUT2D eigenvalue weighted by Crippen LogP contribution is 2.27. The highest BCUT2D eigenvalue weighted by Gasteiger charge is 2.14. The maximum absolute atomic E-state index is 11.9. The highest BCUT2D eigenvalue weighted by atomic mass is 35.5. The molecule has 0 unspecified atom stereocenters. The van der Waals surface area contributed by atoms with Crippen molar-refractivity contribution in [2.24, 2.45) is 0 Å². The number of hydrogen-bond acceptors (Lipinski definition) is 3. The van der Waals surface area contributed by atoms with E-state index in [1.54, 1.807) is 37.3 Å². The van der Waals surface area contributed by atoms with Crippen LogP contribution < -0.4 is 5.32 Å². The van der Waals surface area contributed by atoms with E-state index in [-0.39, 0.29) is 10.8 Å². The first kappa shape index (κ1) is 13.6. The molecule has 0 aliphatic rings. The Morgan fingerprint density at radius 3 is 2.63 bits per heavy atom. The minimum absolute atomic E-state index is 0.224. The molecule has 0 fully saturated rings. The number of aryl methyl sites for hydroxylation is 1. The SMILES string of the molecule is Cc1cc(NC(=O)c2cccc(Cl)c2)sc1C(=O)O. The molecule has 2 rings (SSSR count). The number of carboxylic acids is 1. The fraction of sp³-hybridized carbons (Fsp3) is 0.0769. The maximum atomic E-state index is 11.9. The van der Waals surface area contributed by atoms with Gasteiger partial charge in [0.25, 0.3) is 5.91 Å². The standard InChI is InChI=1S/C13H10ClNO3S/c1-7-5-10(19-11(7)13(17)18)15-12(16)8-3-2-4-9(14)6-8/h2-6H,1H3,(H,15,16)(H,17,18). The summed E-state index contributed by atoms with van der Waals surface area (Å²) in [6.45, 7) is 1.69. The monoisotopic (exact) mass is 295 g/mol. The van der Waals surface area contributed by atoms with Crippen molar-refractivity contribution in [3.05, 3.63) is 51.4 Å². The first-order valence-electron chi connectivity index (χ1n) is 5.38. The van der Waals surface area contributed by atoms with E-state index in [1.165, 1.54) is 0 Å². The number of benzene rings is 1. The van der Waals surface area contributed by atoms with Gasteiger partial charge in [0.1, 0.15) is 4.88 Å². The number of rotatable bonds is 3. The molecule has 1 heterocycles. The van der Waals surface area contributed by atoms with Gasteiger partial charge >= 0.3 is 5.97 Å². The molecule has 4 nitrogen and oxygen atoms in total. The summed E-state index contributed by atoms with van der Waals surface area (Å²) in [6, 6.07) is 8.18. The van der Waals surface area contributed by atoms with Gasteiger partial charge in [0.15, 0.2) is 0 Å². The van der Waals surface area contributed by atoms with E-state index in [0.717, 1.165) is 11.3 Å². The van der Waals surface area contributed by atoms with Gasteiger partial charge in [0, 0.05) is 10.6 Å². The minimum atomic E-state index is -0.995. The summed E-state index contributed by atoms with van der Waals surface area (Å²) in [4.78, 5) is 23.1. The Morgan fingerprint density at radius 1 is 1.32 bits per heavy atom. The highest BCUT2D eigenvalue weighted by molar-refractivity contribution is 7.18. The lowest BCUT2D eigenvalue weighted by molar-refractivity contribution is 0.0701. The quantitative estimate of drug-likeness (QED) is 0.908. The average Bonchev–Trinajstić information content (AvgIpc) is 2.70. The lowest BCUT2D eigenvalue weighted by Gasteiger charge is -2.02. The number of carbonyl (C=O) groups is 2. The molecule has 1 aromatic carbocycles. The minimum Gasteiger partial charge on any atom is -0.477 e. The molecule has 98 valence electrons. The molecule has 0 bridgehead atoms. The van der Waals surface area contributed by atoms with Crippen molar-refractivity contribution < 1.29 is 14.7 Å². The van der Waals surface area contributed by atoms with Gasteiger partial charge in [-0.15, -0.1) is 11.3 Å². The predicted octanol–water partition coefficient (Wildman–Crippen LogP) is 3.66. The molecule has 0 radical (unpaired) electrons. The van der Waals surface area contributed by atoms with Crippen molar-refractivity contribution in [2.75, 3.05) is 5.32 Å². The van der Waals surface area contributed by atoms with E-state index in [1.807, 2.05) is 0 Å². The Balaban J connectivity index is 2.20.